The van der Waals surface area contributed by atoms with Crippen LogP contribution in [0.15, 0.2) is 35.7 Å². The van der Waals surface area contributed by atoms with Crippen molar-refractivity contribution in [2.75, 3.05) is 32.1 Å². The minimum absolute atomic E-state index is 0.201. The number of terminal acetylenes is 1. The molecule has 0 aliphatic carbocycles. The van der Waals surface area contributed by atoms with Crippen molar-refractivity contribution in [1.29, 1.82) is 0 Å². The normalized spacial score (nSPS) is 15.5. The number of anilines is 1. The molecule has 1 unspecified atom stereocenters. The zero-order valence-corrected chi connectivity index (χ0v) is 15.9. The number of hydrogen-bond acceptors (Lipinski definition) is 5. The number of nitrogens with zero attached hydrogens (tertiary/aromatic N) is 2. The van der Waals surface area contributed by atoms with Crippen LogP contribution in [0.1, 0.15) is 28.6 Å². The number of carbonyl (C=O) groups is 1. The van der Waals surface area contributed by atoms with E-state index in [-0.39, 0.29) is 6.61 Å². The maximum atomic E-state index is 12.2. The third-order valence-corrected chi connectivity index (χ3v) is 5.23. The van der Waals surface area contributed by atoms with Crippen molar-refractivity contribution >= 4 is 28.8 Å². The number of nitrogens with one attached hydrogen (secondary N) is 2. The van der Waals surface area contributed by atoms with Gasteiger partial charge in [0.15, 0.2) is 5.01 Å². The summed E-state index contributed by atoms with van der Waals surface area (Å²) < 4.78 is 0. The Bertz CT molecular complexity index is 867. The molecule has 1 atom stereocenters. The number of rotatable bonds is 5. The molecule has 0 spiro atoms. The first-order chi connectivity index (χ1) is 13.1. The molecule has 1 aromatic carbocycles. The van der Waals surface area contributed by atoms with Crippen LogP contribution in [0.4, 0.5) is 10.6 Å². The highest BCUT2D eigenvalue weighted by atomic mass is 32.1. The van der Waals surface area contributed by atoms with Crippen LogP contribution in [0.25, 0.3) is 5.57 Å². The average molecular weight is 382 g/mol. The number of benzene rings is 1. The maximum Gasteiger partial charge on any atom is 0.320 e. The first kappa shape index (κ1) is 19.1. The first-order valence-corrected chi connectivity index (χ1v) is 9.55. The Morgan fingerprint density at radius 2 is 2.22 bits per heavy atom. The summed E-state index contributed by atoms with van der Waals surface area (Å²) in [5, 5.41) is 17.2. The standard InChI is InChI=1S/C20H22N4O2S/c1-3-19-22-18(13-27-19)23-20(26)21-17(12-25)16-6-4-14(5-7-16)15-8-10-24(2)11-9-15/h1,4-8,13,17,25H,9-12H2,2H3,(H2,21,23,26). The molecule has 0 radical (unpaired) electrons. The Labute approximate surface area is 162 Å². The first-order valence-electron chi connectivity index (χ1n) is 8.67. The smallest absolute Gasteiger partial charge is 0.320 e. The summed E-state index contributed by atoms with van der Waals surface area (Å²) in [4.78, 5) is 18.5. The summed E-state index contributed by atoms with van der Waals surface area (Å²) >= 11 is 1.28. The van der Waals surface area contributed by atoms with Gasteiger partial charge in [0.2, 0.25) is 0 Å². The topological polar surface area (TPSA) is 77.5 Å². The van der Waals surface area contributed by atoms with Gasteiger partial charge < -0.3 is 15.3 Å². The van der Waals surface area contributed by atoms with Crippen LogP contribution in [0.2, 0.25) is 0 Å². The molecule has 140 valence electrons. The van der Waals surface area contributed by atoms with Crippen LogP contribution >= 0.6 is 11.3 Å². The number of aliphatic hydroxyl groups excluding tert-OH is 1. The van der Waals surface area contributed by atoms with Gasteiger partial charge in [0.05, 0.1) is 12.6 Å². The van der Waals surface area contributed by atoms with E-state index in [0.29, 0.717) is 10.8 Å². The van der Waals surface area contributed by atoms with E-state index in [9.17, 15) is 9.90 Å². The van der Waals surface area contributed by atoms with Gasteiger partial charge in [-0.15, -0.1) is 17.8 Å². The summed E-state index contributed by atoms with van der Waals surface area (Å²) in [6.07, 6.45) is 8.54. The molecule has 1 aliphatic rings. The van der Waals surface area contributed by atoms with Crippen molar-refractivity contribution < 1.29 is 9.90 Å². The lowest BCUT2D eigenvalue weighted by Crippen LogP contribution is -2.34. The average Bonchev–Trinajstić information content (AvgIpc) is 3.14. The van der Waals surface area contributed by atoms with Gasteiger partial charge in [0, 0.05) is 18.5 Å². The number of thiazole rings is 1. The number of urea groups is 1. The summed E-state index contributed by atoms with van der Waals surface area (Å²) in [5.41, 5.74) is 3.35. The molecule has 0 saturated heterocycles. The SMILES string of the molecule is C#Cc1nc(NC(=O)NC(CO)c2ccc(C3=CCN(C)CC3)cc2)cs1. The van der Waals surface area contributed by atoms with Gasteiger partial charge in [0.25, 0.3) is 0 Å². The molecule has 1 aliphatic heterocycles. The van der Waals surface area contributed by atoms with Crippen molar-refractivity contribution in [3.63, 3.8) is 0 Å². The highest BCUT2D eigenvalue weighted by molar-refractivity contribution is 7.10. The Morgan fingerprint density at radius 1 is 1.44 bits per heavy atom. The molecule has 0 fully saturated rings. The Hall–Kier alpha value is -2.66. The molecule has 0 bridgehead atoms. The van der Waals surface area contributed by atoms with Gasteiger partial charge in [-0.3, -0.25) is 5.32 Å². The predicted molar refractivity (Wildman–Crippen MR) is 109 cm³/mol. The van der Waals surface area contributed by atoms with Crippen LogP contribution in [0.5, 0.6) is 0 Å². The third-order valence-electron chi connectivity index (χ3n) is 4.45. The van der Waals surface area contributed by atoms with E-state index in [1.54, 1.807) is 5.38 Å². The van der Waals surface area contributed by atoms with E-state index in [1.165, 1.54) is 22.5 Å². The van der Waals surface area contributed by atoms with Crippen LogP contribution < -0.4 is 10.6 Å². The van der Waals surface area contributed by atoms with Crippen LogP contribution in [-0.4, -0.2) is 47.8 Å². The fourth-order valence-electron chi connectivity index (χ4n) is 2.90. The number of likely N-dealkylation sites (N-methyl/N-ethyl adjacent to an activating group) is 1. The second-order valence-corrected chi connectivity index (χ2v) is 7.24. The van der Waals surface area contributed by atoms with Crippen LogP contribution in [-0.2, 0) is 0 Å². The molecule has 2 amide bonds. The Balaban J connectivity index is 1.63. The molecule has 7 heteroatoms. The maximum absolute atomic E-state index is 12.2. The number of aromatic nitrogens is 1. The highest BCUT2D eigenvalue weighted by Gasteiger charge is 2.16. The van der Waals surface area contributed by atoms with Crippen LogP contribution in [0.3, 0.4) is 0 Å². The van der Waals surface area contributed by atoms with Gasteiger partial charge >= 0.3 is 6.03 Å². The molecule has 2 heterocycles. The lowest BCUT2D eigenvalue weighted by Gasteiger charge is -2.22. The second-order valence-electron chi connectivity index (χ2n) is 6.38. The molecule has 0 saturated carbocycles. The highest BCUT2D eigenvalue weighted by Crippen LogP contribution is 2.24. The van der Waals surface area contributed by atoms with Crippen molar-refractivity contribution in [2.24, 2.45) is 0 Å². The molecule has 6 nitrogen and oxygen atoms in total. The quantitative estimate of drug-likeness (QED) is 0.695. The molecule has 27 heavy (non-hydrogen) atoms. The van der Waals surface area contributed by atoms with Crippen molar-refractivity contribution in [1.82, 2.24) is 15.2 Å². The zero-order valence-electron chi connectivity index (χ0n) is 15.1. The minimum Gasteiger partial charge on any atom is -0.394 e. The fraction of sp³-hybridized carbons (Fsp3) is 0.300. The monoisotopic (exact) mass is 382 g/mol. The van der Waals surface area contributed by atoms with Gasteiger partial charge in [-0.25, -0.2) is 9.78 Å². The zero-order chi connectivity index (χ0) is 19.2. The van der Waals surface area contributed by atoms with Crippen molar-refractivity contribution in [2.45, 2.75) is 12.5 Å². The summed E-state index contributed by atoms with van der Waals surface area (Å²) in [6.45, 7) is 1.80. The summed E-state index contributed by atoms with van der Waals surface area (Å²) in [5.74, 6) is 2.82. The number of hydrogen-bond donors (Lipinski definition) is 3. The summed E-state index contributed by atoms with van der Waals surface area (Å²) in [6, 6.07) is 7.01. The molecule has 1 aromatic heterocycles. The van der Waals surface area contributed by atoms with E-state index in [1.807, 2.05) is 24.3 Å². The van der Waals surface area contributed by atoms with Gasteiger partial charge in [-0.1, -0.05) is 30.3 Å². The molecule has 3 rings (SSSR count). The van der Waals surface area contributed by atoms with E-state index >= 15 is 0 Å². The van der Waals surface area contributed by atoms with Gasteiger partial charge in [-0.05, 0) is 36.1 Å². The number of amides is 2. The van der Waals surface area contributed by atoms with E-state index in [0.717, 1.165) is 25.1 Å². The third kappa shape index (κ3) is 4.95. The van der Waals surface area contributed by atoms with E-state index in [2.05, 4.69) is 39.6 Å². The number of carbonyl (C=O) groups excluding carboxylic acids is 1. The molecular formula is C20H22N4O2S. The summed E-state index contributed by atoms with van der Waals surface area (Å²) in [7, 11) is 2.11. The van der Waals surface area contributed by atoms with Crippen LogP contribution in [0, 0.1) is 12.3 Å². The fourth-order valence-corrected chi connectivity index (χ4v) is 3.46. The van der Waals surface area contributed by atoms with Gasteiger partial charge in [0.1, 0.15) is 5.82 Å². The Morgan fingerprint density at radius 3 is 2.81 bits per heavy atom. The Kier molecular flexibility index (Phi) is 6.24. The minimum atomic E-state index is -0.503. The van der Waals surface area contributed by atoms with E-state index in [4.69, 9.17) is 6.42 Å². The van der Waals surface area contributed by atoms with Crippen molar-refractivity contribution in [3.05, 3.63) is 51.9 Å². The predicted octanol–water partition coefficient (Wildman–Crippen LogP) is 2.70. The van der Waals surface area contributed by atoms with E-state index < -0.39 is 12.1 Å². The second kappa shape index (κ2) is 8.82. The molecule has 2 aromatic rings. The number of aliphatic hydroxyl groups is 1. The molecular weight excluding hydrogens is 360 g/mol. The lowest BCUT2D eigenvalue weighted by molar-refractivity contribution is 0.225. The van der Waals surface area contributed by atoms with Gasteiger partial charge in [-0.2, -0.15) is 0 Å². The lowest BCUT2D eigenvalue weighted by atomic mass is 9.97. The van der Waals surface area contributed by atoms with Crippen molar-refractivity contribution in [3.8, 4) is 12.3 Å². The largest absolute Gasteiger partial charge is 0.394 e. The molecule has 3 N–H and O–H groups in total.